The fraction of sp³-hybridized carbons (Fsp3) is 0.391. The number of carbonyl (C=O) groups excluding carboxylic acids is 3. The molecule has 1 aromatic carbocycles. The van der Waals surface area contributed by atoms with Crippen LogP contribution in [0.3, 0.4) is 0 Å². The molecule has 1 amide bonds. The summed E-state index contributed by atoms with van der Waals surface area (Å²) in [6.07, 6.45) is 3.11. The third kappa shape index (κ3) is 4.26. The number of ketones is 2. The Morgan fingerprint density at radius 1 is 1.16 bits per heavy atom. The minimum atomic E-state index is -1.26. The predicted octanol–water partition coefficient (Wildman–Crippen LogP) is 1.51. The van der Waals surface area contributed by atoms with Gasteiger partial charge in [0.1, 0.15) is 5.92 Å². The van der Waals surface area contributed by atoms with Gasteiger partial charge in [0.05, 0.1) is 26.4 Å². The quantitative estimate of drug-likeness (QED) is 0.366. The molecule has 2 saturated heterocycles. The summed E-state index contributed by atoms with van der Waals surface area (Å²) in [5.41, 5.74) is 0.650. The van der Waals surface area contributed by atoms with E-state index in [1.54, 1.807) is 24.5 Å². The zero-order valence-electron chi connectivity index (χ0n) is 17.7. The van der Waals surface area contributed by atoms with Gasteiger partial charge in [-0.3, -0.25) is 24.3 Å². The van der Waals surface area contributed by atoms with Gasteiger partial charge in [-0.05, 0) is 35.9 Å². The minimum absolute atomic E-state index is 0.00630. The van der Waals surface area contributed by atoms with Crippen LogP contribution in [0, 0.1) is 11.7 Å². The van der Waals surface area contributed by atoms with Crippen molar-refractivity contribution in [2.75, 3.05) is 46.5 Å². The molecule has 168 valence electrons. The molecule has 32 heavy (non-hydrogen) atoms. The van der Waals surface area contributed by atoms with Crippen LogP contribution in [0.25, 0.3) is 0 Å². The van der Waals surface area contributed by atoms with E-state index in [4.69, 9.17) is 9.47 Å². The number of methoxy groups -OCH3 is 1. The van der Waals surface area contributed by atoms with Crippen molar-refractivity contribution in [1.29, 1.82) is 0 Å². The maximum atomic E-state index is 14.2. The monoisotopic (exact) mass is 441 g/mol. The molecule has 2 unspecified atom stereocenters. The van der Waals surface area contributed by atoms with Crippen molar-refractivity contribution >= 4 is 17.5 Å². The van der Waals surface area contributed by atoms with E-state index in [9.17, 15) is 18.8 Å². The Kier molecular flexibility index (Phi) is 6.57. The number of hydrogen-bond donors (Lipinski definition) is 0. The third-order valence-electron chi connectivity index (χ3n) is 5.93. The lowest BCUT2D eigenvalue weighted by atomic mass is 9.86. The highest BCUT2D eigenvalue weighted by Gasteiger charge is 2.51. The van der Waals surface area contributed by atoms with Crippen LogP contribution < -0.4 is 4.74 Å². The number of benzene rings is 1. The van der Waals surface area contributed by atoms with Gasteiger partial charge in [0.15, 0.2) is 17.3 Å². The highest BCUT2D eigenvalue weighted by Crippen LogP contribution is 2.38. The van der Waals surface area contributed by atoms with Crippen molar-refractivity contribution in [1.82, 2.24) is 14.8 Å². The standard InChI is InChI=1S/C23H24FN3O5/c1-31-18-3-2-16(14-17(18)24)21(28)19-20(15-4-6-25-7-5-15)27(23(30)22(19)29)9-8-26-10-12-32-13-11-26/h2-7,14,19-20H,8-13H2,1H3. The van der Waals surface area contributed by atoms with Crippen LogP contribution in [0.15, 0.2) is 42.7 Å². The molecular weight excluding hydrogens is 417 g/mol. The lowest BCUT2D eigenvalue weighted by molar-refractivity contribution is -0.141. The first-order valence-corrected chi connectivity index (χ1v) is 10.4. The average Bonchev–Trinajstić information content (AvgIpc) is 3.08. The van der Waals surface area contributed by atoms with E-state index in [1.807, 2.05) is 0 Å². The topological polar surface area (TPSA) is 89.0 Å². The van der Waals surface area contributed by atoms with Gasteiger partial charge in [-0.15, -0.1) is 0 Å². The molecule has 0 spiro atoms. The molecule has 9 heteroatoms. The average molecular weight is 441 g/mol. The molecule has 4 rings (SSSR count). The van der Waals surface area contributed by atoms with Crippen LogP contribution in [0.2, 0.25) is 0 Å². The fourth-order valence-electron chi connectivity index (χ4n) is 4.23. The van der Waals surface area contributed by atoms with Crippen molar-refractivity contribution < 1.29 is 28.2 Å². The number of pyridine rings is 1. The largest absolute Gasteiger partial charge is 0.494 e. The molecule has 0 saturated carbocycles. The van der Waals surface area contributed by atoms with Gasteiger partial charge in [0, 0.05) is 44.1 Å². The maximum Gasteiger partial charge on any atom is 0.291 e. The lowest BCUT2D eigenvalue weighted by Crippen LogP contribution is -2.42. The van der Waals surface area contributed by atoms with E-state index in [1.165, 1.54) is 24.1 Å². The molecule has 1 aromatic heterocycles. The van der Waals surface area contributed by atoms with Crippen LogP contribution in [-0.4, -0.2) is 78.8 Å². The summed E-state index contributed by atoms with van der Waals surface area (Å²) < 4.78 is 24.5. The van der Waals surface area contributed by atoms with E-state index >= 15 is 0 Å². The summed E-state index contributed by atoms with van der Waals surface area (Å²) >= 11 is 0. The summed E-state index contributed by atoms with van der Waals surface area (Å²) in [7, 11) is 1.32. The van der Waals surface area contributed by atoms with Gasteiger partial charge >= 0.3 is 0 Å². The highest BCUT2D eigenvalue weighted by atomic mass is 19.1. The second kappa shape index (κ2) is 9.54. The minimum Gasteiger partial charge on any atom is -0.494 e. The molecule has 2 atom stereocenters. The smallest absolute Gasteiger partial charge is 0.291 e. The number of aromatic nitrogens is 1. The van der Waals surface area contributed by atoms with Crippen molar-refractivity contribution in [2.45, 2.75) is 6.04 Å². The molecule has 2 aliphatic heterocycles. The number of ether oxygens (including phenoxy) is 2. The van der Waals surface area contributed by atoms with E-state index in [2.05, 4.69) is 9.88 Å². The van der Waals surface area contributed by atoms with Gasteiger partial charge in [0.25, 0.3) is 5.91 Å². The van der Waals surface area contributed by atoms with E-state index in [0.717, 1.165) is 19.2 Å². The summed E-state index contributed by atoms with van der Waals surface area (Å²) in [5, 5.41) is 0. The molecule has 3 heterocycles. The van der Waals surface area contributed by atoms with E-state index in [0.29, 0.717) is 25.3 Å². The number of Topliss-reactive ketones (excluding diaryl/α,β-unsaturated/α-hetero) is 2. The van der Waals surface area contributed by atoms with Gasteiger partial charge in [-0.25, -0.2) is 4.39 Å². The molecule has 2 aromatic rings. The number of halogens is 1. The van der Waals surface area contributed by atoms with E-state index < -0.39 is 35.3 Å². The first kappa shape index (κ1) is 22.0. The predicted molar refractivity (Wildman–Crippen MR) is 112 cm³/mol. The Morgan fingerprint density at radius 2 is 1.88 bits per heavy atom. The first-order chi connectivity index (χ1) is 15.5. The summed E-state index contributed by atoms with van der Waals surface area (Å²) in [4.78, 5) is 46.9. The molecule has 2 aliphatic rings. The second-order valence-corrected chi connectivity index (χ2v) is 7.73. The zero-order valence-corrected chi connectivity index (χ0v) is 17.7. The molecule has 0 N–H and O–H groups in total. The Morgan fingerprint density at radius 3 is 2.53 bits per heavy atom. The van der Waals surface area contributed by atoms with Crippen LogP contribution in [-0.2, 0) is 14.3 Å². The van der Waals surface area contributed by atoms with E-state index in [-0.39, 0.29) is 17.9 Å². The van der Waals surface area contributed by atoms with Gasteiger partial charge in [0.2, 0.25) is 5.78 Å². The van der Waals surface area contributed by atoms with Crippen LogP contribution in [0.5, 0.6) is 5.75 Å². The normalized spacial score (nSPS) is 21.8. The Balaban J connectivity index is 1.65. The number of morpholine rings is 1. The Labute approximate surface area is 184 Å². The van der Waals surface area contributed by atoms with Gasteiger partial charge in [-0.1, -0.05) is 0 Å². The molecule has 8 nitrogen and oxygen atoms in total. The molecular formula is C23H24FN3O5. The highest BCUT2D eigenvalue weighted by molar-refractivity contribution is 6.44. The first-order valence-electron chi connectivity index (χ1n) is 10.4. The number of amides is 1. The zero-order chi connectivity index (χ0) is 22.7. The van der Waals surface area contributed by atoms with Crippen molar-refractivity contribution in [3.05, 3.63) is 59.7 Å². The molecule has 0 bridgehead atoms. The van der Waals surface area contributed by atoms with Crippen LogP contribution >= 0.6 is 0 Å². The summed E-state index contributed by atoms with van der Waals surface area (Å²) in [6.45, 7) is 3.56. The molecule has 2 fully saturated rings. The second-order valence-electron chi connectivity index (χ2n) is 7.73. The number of likely N-dealkylation sites (tertiary alicyclic amines) is 1. The SMILES string of the molecule is COc1ccc(C(=O)C2C(=O)C(=O)N(CCN3CCOCC3)C2c2ccncc2)cc1F. The summed E-state index contributed by atoms with van der Waals surface area (Å²) in [5.74, 6) is -4.06. The maximum absolute atomic E-state index is 14.2. The third-order valence-corrected chi connectivity index (χ3v) is 5.93. The van der Waals surface area contributed by atoms with Gasteiger partial charge in [-0.2, -0.15) is 0 Å². The lowest BCUT2D eigenvalue weighted by Gasteiger charge is -2.31. The van der Waals surface area contributed by atoms with Crippen molar-refractivity contribution in [3.63, 3.8) is 0 Å². The fourth-order valence-corrected chi connectivity index (χ4v) is 4.23. The number of hydrogen-bond acceptors (Lipinski definition) is 7. The summed E-state index contributed by atoms with van der Waals surface area (Å²) in [6, 6.07) is 6.37. The van der Waals surface area contributed by atoms with Crippen LogP contribution in [0.1, 0.15) is 22.0 Å². The van der Waals surface area contributed by atoms with Crippen molar-refractivity contribution in [2.24, 2.45) is 5.92 Å². The van der Waals surface area contributed by atoms with Gasteiger partial charge < -0.3 is 14.4 Å². The molecule has 0 radical (unpaired) electrons. The van der Waals surface area contributed by atoms with Crippen molar-refractivity contribution in [3.8, 4) is 5.75 Å². The number of rotatable bonds is 7. The molecule has 0 aliphatic carbocycles. The van der Waals surface area contributed by atoms with Crippen LogP contribution in [0.4, 0.5) is 4.39 Å². The number of nitrogens with zero attached hydrogens (tertiary/aromatic N) is 3. The number of carbonyl (C=O) groups is 3. The Bertz CT molecular complexity index is 1010. The Hall–Kier alpha value is -3.17.